The van der Waals surface area contributed by atoms with E-state index in [0.717, 1.165) is 23.8 Å². The van der Waals surface area contributed by atoms with Crippen LogP contribution in [-0.4, -0.2) is 69.6 Å². The number of pyridine rings is 1. The normalized spacial score (nSPS) is 21.0. The Hall–Kier alpha value is -4.29. The number of aliphatic hydroxyl groups excluding tert-OH is 1. The lowest BCUT2D eigenvalue weighted by Crippen LogP contribution is -2.59. The van der Waals surface area contributed by atoms with Crippen LogP contribution in [0.15, 0.2) is 66.9 Å². The quantitative estimate of drug-likeness (QED) is 0.0909. The molecule has 280 valence electrons. The first-order valence-electron chi connectivity index (χ1n) is 18.3. The third-order valence-electron chi connectivity index (χ3n) is 10.5. The van der Waals surface area contributed by atoms with Gasteiger partial charge in [0.1, 0.15) is 12.3 Å². The Morgan fingerprint density at radius 2 is 1.63 bits per heavy atom. The zero-order chi connectivity index (χ0) is 37.6. The fourth-order valence-electron chi connectivity index (χ4n) is 7.75. The van der Waals surface area contributed by atoms with Crippen LogP contribution in [0.5, 0.6) is 0 Å². The summed E-state index contributed by atoms with van der Waals surface area (Å²) < 4.78 is 25.9. The Kier molecular flexibility index (Phi) is 12.7. The smallest absolute Gasteiger partial charge is 0.290 e. The number of Topliss-reactive ketones (excluding diaryl/α,β-unsaturated/α-hetero) is 1. The van der Waals surface area contributed by atoms with Crippen LogP contribution in [0, 0.1) is 17.3 Å². The van der Waals surface area contributed by atoms with E-state index in [1.54, 1.807) is 24.1 Å². The number of ketones is 1. The Bertz CT molecular complexity index is 1710. The van der Waals surface area contributed by atoms with Crippen molar-refractivity contribution in [3.8, 4) is 0 Å². The van der Waals surface area contributed by atoms with Gasteiger partial charge in [-0.25, -0.2) is 8.78 Å². The summed E-state index contributed by atoms with van der Waals surface area (Å²) >= 11 is 0. The lowest BCUT2D eigenvalue weighted by Gasteiger charge is -2.38. The maximum absolute atomic E-state index is 14.6. The first-order valence-corrected chi connectivity index (χ1v) is 18.3. The lowest BCUT2D eigenvalue weighted by molar-refractivity contribution is -0.145. The zero-order valence-corrected chi connectivity index (χ0v) is 30.4. The van der Waals surface area contributed by atoms with Crippen molar-refractivity contribution in [2.24, 2.45) is 17.3 Å². The van der Waals surface area contributed by atoms with Crippen molar-refractivity contribution in [3.63, 3.8) is 0 Å². The first kappa shape index (κ1) is 38.9. The lowest BCUT2D eigenvalue weighted by atomic mass is 9.85. The zero-order valence-electron chi connectivity index (χ0n) is 30.4. The highest BCUT2D eigenvalue weighted by atomic mass is 19.3. The average molecular weight is 720 g/mol. The topological polar surface area (TPSA) is 141 Å². The summed E-state index contributed by atoms with van der Waals surface area (Å²) in [6.45, 7) is 7.73. The largest absolute Gasteiger partial charge is 0.374 e. The molecule has 2 aromatic carbocycles. The third-order valence-corrected chi connectivity index (χ3v) is 10.5. The number of alkyl halides is 2. The monoisotopic (exact) mass is 719 g/mol. The van der Waals surface area contributed by atoms with E-state index in [9.17, 15) is 33.1 Å². The summed E-state index contributed by atoms with van der Waals surface area (Å²) in [7, 11) is 0. The van der Waals surface area contributed by atoms with E-state index >= 15 is 0 Å². The Labute approximate surface area is 304 Å². The predicted octanol–water partition coefficient (Wildman–Crippen LogP) is 5.61. The van der Waals surface area contributed by atoms with E-state index in [1.807, 2.05) is 75.4 Å². The van der Waals surface area contributed by atoms with Crippen LogP contribution >= 0.6 is 0 Å². The van der Waals surface area contributed by atoms with E-state index in [1.165, 1.54) is 0 Å². The molecule has 3 amide bonds. The van der Waals surface area contributed by atoms with Crippen molar-refractivity contribution in [1.82, 2.24) is 25.8 Å². The number of rotatable bonds is 15. The van der Waals surface area contributed by atoms with Crippen LogP contribution in [-0.2, 0) is 19.2 Å². The molecule has 1 aromatic heterocycles. The molecule has 3 aromatic rings. The van der Waals surface area contributed by atoms with Gasteiger partial charge in [-0.05, 0) is 67.6 Å². The third kappa shape index (κ3) is 9.19. The van der Waals surface area contributed by atoms with Gasteiger partial charge < -0.3 is 20.6 Å². The summed E-state index contributed by atoms with van der Waals surface area (Å²) in [6.07, 6.45) is 0.282. The summed E-state index contributed by atoms with van der Waals surface area (Å²) in [6, 6.07) is 14.7. The van der Waals surface area contributed by atoms with Gasteiger partial charge in [-0.2, -0.15) is 0 Å². The number of aromatic nitrogens is 1. The van der Waals surface area contributed by atoms with Gasteiger partial charge in [0.2, 0.25) is 24.0 Å². The molecule has 0 radical (unpaired) electrons. The number of nitrogens with one attached hydrogen (secondary N) is 3. The van der Waals surface area contributed by atoms with Crippen molar-refractivity contribution in [2.75, 3.05) is 6.54 Å². The van der Waals surface area contributed by atoms with Crippen LogP contribution in [0.4, 0.5) is 8.78 Å². The second kappa shape index (κ2) is 17.0. The molecule has 0 spiro atoms. The van der Waals surface area contributed by atoms with Gasteiger partial charge in [-0.3, -0.25) is 29.5 Å². The number of aliphatic hydroxyl groups is 1. The highest BCUT2D eigenvalue weighted by molar-refractivity contribution is 6.38. The molecule has 0 bridgehead atoms. The fourth-order valence-corrected chi connectivity index (χ4v) is 7.75. The van der Waals surface area contributed by atoms with Crippen molar-refractivity contribution < 1.29 is 33.1 Å². The van der Waals surface area contributed by atoms with E-state index in [-0.39, 0.29) is 43.4 Å². The SMILES string of the molecule is C[C@H](NC(=O)C(=O)C(CCCCC(F)F)NC(=O)[C@@H]1[C@H]2CCC[C@H]2CN1C(=O)[C@@H](NC(O)c1ccnc2ccccc12)C(C)(C)C)c1ccccc1. The molecule has 1 aliphatic heterocycles. The van der Waals surface area contributed by atoms with Crippen LogP contribution in [0.1, 0.15) is 96.0 Å². The number of benzene rings is 2. The molecule has 5 rings (SSSR count). The van der Waals surface area contributed by atoms with Crippen LogP contribution in [0.2, 0.25) is 0 Å². The molecule has 7 atom stereocenters. The Morgan fingerprint density at radius 1 is 0.942 bits per heavy atom. The number of halogens is 2. The summed E-state index contributed by atoms with van der Waals surface area (Å²) in [5.74, 6) is -2.73. The number of unbranched alkanes of at least 4 members (excludes halogenated alkanes) is 1. The number of likely N-dealkylation sites (tertiary alicyclic amines) is 1. The minimum absolute atomic E-state index is 0.00253. The second-order valence-electron chi connectivity index (χ2n) is 15.3. The van der Waals surface area contributed by atoms with Gasteiger partial charge in [0, 0.05) is 30.1 Å². The molecule has 1 saturated carbocycles. The number of amides is 3. The summed E-state index contributed by atoms with van der Waals surface area (Å²) in [5, 5.41) is 20.9. The van der Waals surface area contributed by atoms with E-state index in [4.69, 9.17) is 0 Å². The highest BCUT2D eigenvalue weighted by Crippen LogP contribution is 2.43. The minimum Gasteiger partial charge on any atom is -0.374 e. The molecule has 10 nitrogen and oxygen atoms in total. The molecule has 4 N–H and O–H groups in total. The van der Waals surface area contributed by atoms with Crippen molar-refractivity contribution in [2.45, 2.75) is 109 Å². The number of hydrogen-bond donors (Lipinski definition) is 4. The standard InChI is InChI=1S/C40H51F2N5O5/c1-24(25-13-6-5-7-14-25)44-38(51)34(48)31(19-10-11-20-32(41)42)45-37(50)33-27-17-12-15-26(27)23-47(33)39(52)35(40(2,3)4)46-36(49)29-21-22-43-30-18-9-8-16-28(29)30/h5-9,13-14,16,18,21-22,24,26-27,31-33,35-36,46,49H,10-12,15,17,19-20,23H2,1-4H3,(H,44,51)(H,45,50)/t24-,26-,27-,31?,33-,35+,36?/m0/s1. The molecule has 2 heterocycles. The van der Waals surface area contributed by atoms with Crippen LogP contribution in [0.25, 0.3) is 10.9 Å². The van der Waals surface area contributed by atoms with Gasteiger partial charge in [0.15, 0.2) is 0 Å². The number of fused-ring (bicyclic) bond motifs is 2. The molecular weight excluding hydrogens is 668 g/mol. The van der Waals surface area contributed by atoms with E-state index < -0.39 is 59.8 Å². The molecular formula is C40H51F2N5O5. The van der Waals surface area contributed by atoms with Crippen molar-refractivity contribution >= 4 is 34.4 Å². The molecule has 52 heavy (non-hydrogen) atoms. The first-order chi connectivity index (χ1) is 24.8. The van der Waals surface area contributed by atoms with E-state index in [2.05, 4.69) is 20.9 Å². The van der Waals surface area contributed by atoms with Crippen LogP contribution in [0.3, 0.4) is 0 Å². The molecule has 2 fully saturated rings. The average Bonchev–Trinajstić information content (AvgIpc) is 3.72. The number of para-hydroxylation sites is 1. The van der Waals surface area contributed by atoms with Crippen molar-refractivity contribution in [1.29, 1.82) is 0 Å². The minimum atomic E-state index is -2.50. The van der Waals surface area contributed by atoms with E-state index in [0.29, 0.717) is 24.0 Å². The number of hydrogen-bond acceptors (Lipinski definition) is 7. The highest BCUT2D eigenvalue weighted by Gasteiger charge is 2.52. The van der Waals surface area contributed by atoms with Crippen LogP contribution < -0.4 is 16.0 Å². The summed E-state index contributed by atoms with van der Waals surface area (Å²) in [5.41, 5.74) is 1.37. The fraction of sp³-hybridized carbons (Fsp3) is 0.525. The Balaban J connectivity index is 1.37. The van der Waals surface area contributed by atoms with Gasteiger partial charge in [0.05, 0.1) is 23.6 Å². The van der Waals surface area contributed by atoms with Gasteiger partial charge in [0.25, 0.3) is 5.91 Å². The predicted molar refractivity (Wildman–Crippen MR) is 194 cm³/mol. The van der Waals surface area contributed by atoms with Gasteiger partial charge in [-0.1, -0.05) is 82.1 Å². The molecule has 1 saturated heterocycles. The maximum atomic E-state index is 14.6. The molecule has 1 aliphatic carbocycles. The van der Waals surface area contributed by atoms with Gasteiger partial charge >= 0.3 is 0 Å². The summed E-state index contributed by atoms with van der Waals surface area (Å²) in [4.78, 5) is 61.7. The Morgan fingerprint density at radius 3 is 2.35 bits per heavy atom. The van der Waals surface area contributed by atoms with Gasteiger partial charge in [-0.15, -0.1) is 0 Å². The number of carbonyl (C=O) groups is 4. The maximum Gasteiger partial charge on any atom is 0.290 e. The number of nitrogens with zero attached hydrogens (tertiary/aromatic N) is 2. The molecule has 2 aliphatic rings. The number of carbonyl (C=O) groups excluding carboxylic acids is 4. The molecule has 2 unspecified atom stereocenters. The van der Waals surface area contributed by atoms with Crippen molar-refractivity contribution in [3.05, 3.63) is 78.0 Å². The second-order valence-corrected chi connectivity index (χ2v) is 15.3. The molecule has 12 heteroatoms.